The van der Waals surface area contributed by atoms with Gasteiger partial charge in [0.05, 0.1) is 17.6 Å². The Bertz CT molecular complexity index is 1230. The van der Waals surface area contributed by atoms with Crippen LogP contribution in [0.25, 0.3) is 11.4 Å². The number of halogens is 1. The fourth-order valence-corrected chi connectivity index (χ4v) is 4.19. The van der Waals surface area contributed by atoms with Gasteiger partial charge in [-0.3, -0.25) is 4.79 Å². The van der Waals surface area contributed by atoms with Gasteiger partial charge in [0.1, 0.15) is 5.82 Å². The zero-order valence-electron chi connectivity index (χ0n) is 17.7. The van der Waals surface area contributed by atoms with E-state index in [-0.39, 0.29) is 11.7 Å². The highest BCUT2D eigenvalue weighted by Crippen LogP contribution is 2.27. The minimum Gasteiger partial charge on any atom is -0.350 e. The lowest BCUT2D eigenvalue weighted by Crippen LogP contribution is -2.27. The van der Waals surface area contributed by atoms with Gasteiger partial charge in [-0.05, 0) is 74.1 Å². The van der Waals surface area contributed by atoms with Crippen molar-refractivity contribution in [3.05, 3.63) is 95.3 Å². The van der Waals surface area contributed by atoms with Crippen LogP contribution in [0, 0.1) is 5.82 Å². The fraction of sp³-hybridized carbons (Fsp3) is 0.240. The summed E-state index contributed by atoms with van der Waals surface area (Å²) in [4.78, 5) is 13.0. The standard InChI is InChI=1S/C25H24FN5O/c26-19-10-12-21(13-11-19)31-23-9-5-4-8-22(23)24(29-31)25(32)27-15-14-18-16-28-30(17-18)20-6-2-1-3-7-20/h1-3,6-7,10-13,16-17H,4-5,8-9,14-15H2,(H,27,32). The zero-order valence-corrected chi connectivity index (χ0v) is 17.7. The van der Waals surface area contributed by atoms with Crippen LogP contribution >= 0.6 is 0 Å². The Kier molecular flexibility index (Phi) is 5.54. The van der Waals surface area contributed by atoms with Crippen molar-refractivity contribution in [3.63, 3.8) is 0 Å². The summed E-state index contributed by atoms with van der Waals surface area (Å²) in [5.74, 6) is -0.456. The van der Waals surface area contributed by atoms with Crippen molar-refractivity contribution in [2.24, 2.45) is 0 Å². The molecule has 0 unspecified atom stereocenters. The van der Waals surface area contributed by atoms with Gasteiger partial charge in [-0.25, -0.2) is 13.8 Å². The molecule has 7 heteroatoms. The van der Waals surface area contributed by atoms with Crippen molar-refractivity contribution >= 4 is 5.91 Å². The van der Waals surface area contributed by atoms with Crippen LogP contribution in [0.4, 0.5) is 4.39 Å². The Balaban J connectivity index is 1.29. The molecule has 5 rings (SSSR count). The number of hydrogen-bond donors (Lipinski definition) is 1. The molecule has 4 aromatic rings. The molecule has 2 aromatic carbocycles. The number of rotatable bonds is 6. The molecular weight excluding hydrogens is 405 g/mol. The molecular formula is C25H24FN5O. The zero-order chi connectivity index (χ0) is 21.9. The molecule has 0 atom stereocenters. The van der Waals surface area contributed by atoms with Crippen molar-refractivity contribution in [2.45, 2.75) is 32.1 Å². The van der Waals surface area contributed by atoms with Crippen molar-refractivity contribution in [1.29, 1.82) is 0 Å². The first-order valence-corrected chi connectivity index (χ1v) is 10.9. The monoisotopic (exact) mass is 429 g/mol. The third-order valence-corrected chi connectivity index (χ3v) is 5.82. The van der Waals surface area contributed by atoms with Crippen LogP contribution in [0.1, 0.15) is 40.2 Å². The summed E-state index contributed by atoms with van der Waals surface area (Å²) in [7, 11) is 0. The van der Waals surface area contributed by atoms with Crippen LogP contribution in [0.3, 0.4) is 0 Å². The van der Waals surface area contributed by atoms with Gasteiger partial charge >= 0.3 is 0 Å². The van der Waals surface area contributed by atoms with Crippen LogP contribution < -0.4 is 5.32 Å². The average molecular weight is 429 g/mol. The first-order valence-electron chi connectivity index (χ1n) is 10.9. The molecule has 0 saturated heterocycles. The number of hydrogen-bond acceptors (Lipinski definition) is 3. The minimum absolute atomic E-state index is 0.167. The molecule has 0 radical (unpaired) electrons. The third-order valence-electron chi connectivity index (χ3n) is 5.82. The van der Waals surface area contributed by atoms with Crippen LogP contribution in [0.2, 0.25) is 0 Å². The van der Waals surface area contributed by atoms with E-state index in [2.05, 4.69) is 15.5 Å². The molecule has 162 valence electrons. The Morgan fingerprint density at radius 2 is 1.78 bits per heavy atom. The normalized spacial score (nSPS) is 13.0. The number of aromatic nitrogens is 4. The van der Waals surface area contributed by atoms with E-state index >= 15 is 0 Å². The number of nitrogens with zero attached hydrogens (tertiary/aromatic N) is 4. The van der Waals surface area contributed by atoms with Crippen LogP contribution in [0.15, 0.2) is 67.0 Å². The van der Waals surface area contributed by atoms with Gasteiger partial charge in [-0.15, -0.1) is 0 Å². The van der Waals surface area contributed by atoms with Crippen molar-refractivity contribution < 1.29 is 9.18 Å². The molecule has 1 aliphatic rings. The Labute approximate surface area is 185 Å². The third kappa shape index (κ3) is 4.06. The number of carbonyl (C=O) groups is 1. The summed E-state index contributed by atoms with van der Waals surface area (Å²) in [5, 5.41) is 12.0. The topological polar surface area (TPSA) is 64.7 Å². The number of carbonyl (C=O) groups excluding carboxylic acids is 1. The predicted molar refractivity (Wildman–Crippen MR) is 120 cm³/mol. The van der Waals surface area contributed by atoms with Gasteiger partial charge in [-0.1, -0.05) is 18.2 Å². The Morgan fingerprint density at radius 3 is 2.59 bits per heavy atom. The number of fused-ring (bicyclic) bond motifs is 1. The maximum atomic E-state index is 13.4. The summed E-state index contributed by atoms with van der Waals surface area (Å²) in [5.41, 5.74) is 5.36. The fourth-order valence-electron chi connectivity index (χ4n) is 4.19. The van der Waals surface area contributed by atoms with Crippen LogP contribution in [-0.4, -0.2) is 32.0 Å². The smallest absolute Gasteiger partial charge is 0.272 e. The maximum absolute atomic E-state index is 13.4. The van der Waals surface area contributed by atoms with E-state index in [0.717, 1.165) is 53.9 Å². The summed E-state index contributed by atoms with van der Waals surface area (Å²) in [6.45, 7) is 0.498. The first-order chi connectivity index (χ1) is 15.7. The van der Waals surface area contributed by atoms with E-state index in [1.54, 1.807) is 16.8 Å². The second kappa shape index (κ2) is 8.78. The summed E-state index contributed by atoms with van der Waals surface area (Å²) < 4.78 is 17.0. The molecule has 1 N–H and O–H groups in total. The van der Waals surface area contributed by atoms with Gasteiger partial charge < -0.3 is 5.32 Å². The predicted octanol–water partition coefficient (Wildman–Crippen LogP) is 4.05. The SMILES string of the molecule is O=C(NCCc1cnn(-c2ccccc2)c1)c1nn(-c2ccc(F)cc2)c2c1CCCC2. The first kappa shape index (κ1) is 20.2. The van der Waals surface area contributed by atoms with Crippen molar-refractivity contribution in [1.82, 2.24) is 24.9 Å². The largest absolute Gasteiger partial charge is 0.350 e. The van der Waals surface area contributed by atoms with Gasteiger partial charge in [0, 0.05) is 24.0 Å². The summed E-state index contributed by atoms with van der Waals surface area (Å²) >= 11 is 0. The summed E-state index contributed by atoms with van der Waals surface area (Å²) in [6, 6.07) is 16.2. The van der Waals surface area contributed by atoms with E-state index in [4.69, 9.17) is 0 Å². The minimum atomic E-state index is -0.289. The second-order valence-electron chi connectivity index (χ2n) is 8.00. The Morgan fingerprint density at radius 1 is 1.00 bits per heavy atom. The quantitative estimate of drug-likeness (QED) is 0.503. The lowest BCUT2D eigenvalue weighted by molar-refractivity contribution is 0.0947. The lowest BCUT2D eigenvalue weighted by Gasteiger charge is -2.14. The van der Waals surface area contributed by atoms with E-state index in [1.165, 1.54) is 12.1 Å². The van der Waals surface area contributed by atoms with Gasteiger partial charge in [-0.2, -0.15) is 10.2 Å². The van der Waals surface area contributed by atoms with Gasteiger partial charge in [0.2, 0.25) is 0 Å². The van der Waals surface area contributed by atoms with E-state index in [0.29, 0.717) is 18.7 Å². The Hall–Kier alpha value is -3.74. The van der Waals surface area contributed by atoms with Crippen molar-refractivity contribution in [3.8, 4) is 11.4 Å². The lowest BCUT2D eigenvalue weighted by atomic mass is 9.95. The van der Waals surface area contributed by atoms with E-state index in [1.807, 2.05) is 47.4 Å². The molecule has 0 fully saturated rings. The van der Waals surface area contributed by atoms with Crippen LogP contribution in [-0.2, 0) is 19.3 Å². The number of nitrogens with one attached hydrogen (secondary N) is 1. The van der Waals surface area contributed by atoms with E-state index < -0.39 is 0 Å². The molecule has 0 aliphatic heterocycles. The molecule has 0 saturated carbocycles. The van der Waals surface area contributed by atoms with Gasteiger partial charge in [0.25, 0.3) is 5.91 Å². The highest BCUT2D eigenvalue weighted by atomic mass is 19.1. The molecule has 2 heterocycles. The highest BCUT2D eigenvalue weighted by Gasteiger charge is 2.25. The highest BCUT2D eigenvalue weighted by molar-refractivity contribution is 5.94. The molecule has 32 heavy (non-hydrogen) atoms. The van der Waals surface area contributed by atoms with Gasteiger partial charge in [0.15, 0.2) is 5.69 Å². The molecule has 1 amide bonds. The summed E-state index contributed by atoms with van der Waals surface area (Å²) in [6.07, 6.45) is 8.29. The molecule has 0 spiro atoms. The number of para-hydroxylation sites is 1. The molecule has 0 bridgehead atoms. The maximum Gasteiger partial charge on any atom is 0.272 e. The van der Waals surface area contributed by atoms with Crippen molar-refractivity contribution in [2.75, 3.05) is 6.54 Å². The second-order valence-corrected chi connectivity index (χ2v) is 8.00. The average Bonchev–Trinajstić information content (AvgIpc) is 3.46. The van der Waals surface area contributed by atoms with Crippen LogP contribution in [0.5, 0.6) is 0 Å². The number of amides is 1. The molecule has 1 aliphatic carbocycles. The number of benzene rings is 2. The molecule has 6 nitrogen and oxygen atoms in total. The molecule has 2 aromatic heterocycles. The van der Waals surface area contributed by atoms with E-state index in [9.17, 15) is 9.18 Å².